The summed E-state index contributed by atoms with van der Waals surface area (Å²) in [5, 5.41) is 7.03. The molecule has 6 heteroatoms. The predicted molar refractivity (Wildman–Crippen MR) is 115 cm³/mol. The lowest BCUT2D eigenvalue weighted by Gasteiger charge is -2.33. The minimum absolute atomic E-state index is 0.504. The van der Waals surface area contributed by atoms with Gasteiger partial charge in [-0.2, -0.15) is 0 Å². The molecule has 140 valence electrons. The Hall–Kier alpha value is -1.37. The number of benzene rings is 1. The van der Waals surface area contributed by atoms with E-state index < -0.39 is 0 Å². The Bertz CT molecular complexity index is 693. The zero-order valence-corrected chi connectivity index (χ0v) is 17.7. The number of likely N-dealkylation sites (tertiary alicyclic amines) is 1. The van der Waals surface area contributed by atoms with Crippen LogP contribution in [0, 0.1) is 0 Å². The topological polar surface area (TPSA) is 39.7 Å². The van der Waals surface area contributed by atoms with Crippen LogP contribution in [0.15, 0.2) is 51.2 Å². The third-order valence-corrected chi connectivity index (χ3v) is 6.38. The van der Waals surface area contributed by atoms with Crippen LogP contribution in [0.2, 0.25) is 0 Å². The molecule has 1 fully saturated rings. The Morgan fingerprint density at radius 1 is 1.19 bits per heavy atom. The van der Waals surface area contributed by atoms with Crippen molar-refractivity contribution in [3.63, 3.8) is 0 Å². The molecule has 0 bridgehead atoms. The molecule has 0 amide bonds. The second kappa shape index (κ2) is 10.1. The second-order valence-electron chi connectivity index (χ2n) is 6.64. The number of guanidine groups is 1. The highest BCUT2D eigenvalue weighted by molar-refractivity contribution is 9.11. The van der Waals surface area contributed by atoms with Gasteiger partial charge in [-0.05, 0) is 52.9 Å². The number of thiophene rings is 1. The highest BCUT2D eigenvalue weighted by Gasteiger charge is 2.19. The molecule has 0 spiro atoms. The Kier molecular flexibility index (Phi) is 7.53. The number of halogens is 1. The van der Waals surface area contributed by atoms with Crippen molar-refractivity contribution in [2.24, 2.45) is 4.99 Å². The van der Waals surface area contributed by atoms with Gasteiger partial charge in [-0.25, -0.2) is 0 Å². The van der Waals surface area contributed by atoms with Crippen molar-refractivity contribution in [1.29, 1.82) is 0 Å². The Morgan fingerprint density at radius 3 is 2.62 bits per heavy atom. The molecule has 2 heterocycles. The molecule has 0 saturated carbocycles. The molecular weight excluding hydrogens is 408 g/mol. The Balaban J connectivity index is 1.37. The van der Waals surface area contributed by atoms with E-state index in [-0.39, 0.29) is 0 Å². The minimum atomic E-state index is 0.504. The van der Waals surface area contributed by atoms with Crippen molar-refractivity contribution in [1.82, 2.24) is 15.5 Å². The summed E-state index contributed by atoms with van der Waals surface area (Å²) in [6.45, 7) is 4.22. The summed E-state index contributed by atoms with van der Waals surface area (Å²) in [5.74, 6) is 0.919. The number of rotatable bonds is 6. The van der Waals surface area contributed by atoms with Gasteiger partial charge in [-0.3, -0.25) is 9.89 Å². The molecule has 1 aromatic heterocycles. The molecule has 0 unspecified atom stereocenters. The van der Waals surface area contributed by atoms with Gasteiger partial charge in [-0.1, -0.05) is 30.3 Å². The highest BCUT2D eigenvalue weighted by atomic mass is 79.9. The molecule has 2 N–H and O–H groups in total. The number of piperidine rings is 1. The molecule has 1 aliphatic heterocycles. The van der Waals surface area contributed by atoms with Crippen molar-refractivity contribution < 1.29 is 0 Å². The SMILES string of the molecule is CN=C(NCCc1ccc(Br)s1)NC1CCN(Cc2ccccc2)CC1. The predicted octanol–water partition coefficient (Wildman–Crippen LogP) is 3.88. The zero-order chi connectivity index (χ0) is 18.2. The summed E-state index contributed by atoms with van der Waals surface area (Å²) in [7, 11) is 1.85. The van der Waals surface area contributed by atoms with E-state index in [2.05, 4.69) is 78.9 Å². The van der Waals surface area contributed by atoms with Gasteiger partial charge >= 0.3 is 0 Å². The maximum Gasteiger partial charge on any atom is 0.191 e. The van der Waals surface area contributed by atoms with E-state index in [1.54, 1.807) is 11.3 Å². The summed E-state index contributed by atoms with van der Waals surface area (Å²) in [4.78, 5) is 8.30. The first-order chi connectivity index (χ1) is 12.7. The van der Waals surface area contributed by atoms with Crippen molar-refractivity contribution in [3.8, 4) is 0 Å². The molecule has 3 rings (SSSR count). The fraction of sp³-hybridized carbons (Fsp3) is 0.450. The summed E-state index contributed by atoms with van der Waals surface area (Å²) >= 11 is 5.31. The standard InChI is InChI=1S/C20H27BrN4S/c1-22-20(23-12-9-18-7-8-19(21)26-18)24-17-10-13-25(14-11-17)15-16-5-3-2-4-6-16/h2-8,17H,9-15H2,1H3,(H2,22,23,24). The lowest BCUT2D eigenvalue weighted by Crippen LogP contribution is -2.48. The fourth-order valence-corrected chi connectivity index (χ4v) is 4.74. The maximum atomic E-state index is 4.38. The molecule has 2 aromatic rings. The Labute approximate surface area is 168 Å². The zero-order valence-electron chi connectivity index (χ0n) is 15.2. The lowest BCUT2D eigenvalue weighted by atomic mass is 10.0. The number of nitrogens with one attached hydrogen (secondary N) is 2. The number of aliphatic imine (C=N–C) groups is 1. The third kappa shape index (κ3) is 6.11. The van der Waals surface area contributed by atoms with Gasteiger partial charge in [0.15, 0.2) is 5.96 Å². The first kappa shape index (κ1) is 19.4. The van der Waals surface area contributed by atoms with E-state index in [0.717, 1.165) is 51.4 Å². The van der Waals surface area contributed by atoms with E-state index >= 15 is 0 Å². The third-order valence-electron chi connectivity index (χ3n) is 4.69. The summed E-state index contributed by atoms with van der Waals surface area (Å²) in [6.07, 6.45) is 3.34. The summed E-state index contributed by atoms with van der Waals surface area (Å²) in [6, 6.07) is 15.5. The van der Waals surface area contributed by atoms with Crippen molar-refractivity contribution in [2.75, 3.05) is 26.7 Å². The van der Waals surface area contributed by atoms with Crippen LogP contribution in [0.25, 0.3) is 0 Å². The molecule has 4 nitrogen and oxygen atoms in total. The van der Waals surface area contributed by atoms with Crippen molar-refractivity contribution >= 4 is 33.2 Å². The average Bonchev–Trinajstić information content (AvgIpc) is 3.08. The minimum Gasteiger partial charge on any atom is -0.356 e. The van der Waals surface area contributed by atoms with Crippen molar-refractivity contribution in [2.45, 2.75) is 31.8 Å². The Morgan fingerprint density at radius 2 is 1.96 bits per heavy atom. The number of nitrogens with zero attached hydrogens (tertiary/aromatic N) is 2. The highest BCUT2D eigenvalue weighted by Crippen LogP contribution is 2.22. The van der Waals surface area contributed by atoms with Crippen LogP contribution in [-0.4, -0.2) is 43.6 Å². The van der Waals surface area contributed by atoms with Crippen molar-refractivity contribution in [3.05, 3.63) is 56.7 Å². The molecular formula is C20H27BrN4S. The molecule has 26 heavy (non-hydrogen) atoms. The van der Waals surface area contributed by atoms with Gasteiger partial charge in [-0.15, -0.1) is 11.3 Å². The van der Waals surface area contributed by atoms with Gasteiger partial charge in [0, 0.05) is 44.1 Å². The van der Waals surface area contributed by atoms with Gasteiger partial charge in [0.2, 0.25) is 0 Å². The first-order valence-corrected chi connectivity index (χ1v) is 10.8. The average molecular weight is 435 g/mol. The number of hydrogen-bond donors (Lipinski definition) is 2. The van der Waals surface area contributed by atoms with E-state index in [1.807, 2.05) is 7.05 Å². The normalized spacial score (nSPS) is 16.6. The molecule has 0 atom stereocenters. The van der Waals surface area contributed by atoms with Crippen LogP contribution >= 0.6 is 27.3 Å². The van der Waals surface area contributed by atoms with Gasteiger partial charge in [0.1, 0.15) is 0 Å². The number of hydrogen-bond acceptors (Lipinski definition) is 3. The van der Waals surface area contributed by atoms with Crippen LogP contribution in [0.3, 0.4) is 0 Å². The van der Waals surface area contributed by atoms with Crippen LogP contribution in [-0.2, 0) is 13.0 Å². The molecule has 1 aliphatic rings. The smallest absolute Gasteiger partial charge is 0.191 e. The van der Waals surface area contributed by atoms with Crippen LogP contribution in [0.4, 0.5) is 0 Å². The van der Waals surface area contributed by atoms with E-state index in [0.29, 0.717) is 6.04 Å². The van der Waals surface area contributed by atoms with Gasteiger partial charge in [0.05, 0.1) is 3.79 Å². The van der Waals surface area contributed by atoms with Crippen LogP contribution in [0.5, 0.6) is 0 Å². The lowest BCUT2D eigenvalue weighted by molar-refractivity contribution is 0.198. The molecule has 1 saturated heterocycles. The van der Waals surface area contributed by atoms with Gasteiger partial charge < -0.3 is 10.6 Å². The second-order valence-corrected chi connectivity index (χ2v) is 9.18. The largest absolute Gasteiger partial charge is 0.356 e. The monoisotopic (exact) mass is 434 g/mol. The molecule has 0 radical (unpaired) electrons. The summed E-state index contributed by atoms with van der Waals surface area (Å²) < 4.78 is 1.19. The maximum absolute atomic E-state index is 4.38. The van der Waals surface area contributed by atoms with E-state index in [4.69, 9.17) is 0 Å². The first-order valence-electron chi connectivity index (χ1n) is 9.20. The summed E-state index contributed by atoms with van der Waals surface area (Å²) in [5.41, 5.74) is 1.40. The molecule has 0 aliphatic carbocycles. The fourth-order valence-electron chi connectivity index (χ4n) is 3.26. The van der Waals surface area contributed by atoms with Crippen LogP contribution in [0.1, 0.15) is 23.3 Å². The van der Waals surface area contributed by atoms with E-state index in [9.17, 15) is 0 Å². The quantitative estimate of drug-likeness (QED) is 0.535. The van der Waals surface area contributed by atoms with Gasteiger partial charge in [0.25, 0.3) is 0 Å². The molecule has 1 aromatic carbocycles. The van der Waals surface area contributed by atoms with Crippen LogP contribution < -0.4 is 10.6 Å². The van der Waals surface area contributed by atoms with E-state index in [1.165, 1.54) is 14.2 Å².